The molecular weight excluding hydrogens is 287 g/mol. The Bertz CT molecular complexity index is 452. The van der Waals surface area contributed by atoms with Gasteiger partial charge in [0.05, 0.1) is 0 Å². The van der Waals surface area contributed by atoms with Crippen molar-refractivity contribution in [2.45, 2.75) is 31.9 Å². The molecule has 0 saturated heterocycles. The molecule has 4 nitrogen and oxygen atoms in total. The van der Waals surface area contributed by atoms with Crippen LogP contribution in [0.2, 0.25) is 5.02 Å². The van der Waals surface area contributed by atoms with Crippen LogP contribution in [0.4, 0.5) is 0 Å². The maximum absolute atomic E-state index is 11.9. The van der Waals surface area contributed by atoms with Crippen LogP contribution in [0.15, 0.2) is 18.2 Å². The first-order chi connectivity index (χ1) is 8.56. The van der Waals surface area contributed by atoms with Crippen LogP contribution in [-0.4, -0.2) is 24.6 Å². The summed E-state index contributed by atoms with van der Waals surface area (Å²) in [6.07, 6.45) is 0.878. The Morgan fingerprint density at radius 1 is 1.63 bits per heavy atom. The number of amides is 1. The number of carbonyl (C=O) groups is 1. The quantitative estimate of drug-likeness (QED) is 0.893. The number of benzene rings is 1. The second kappa shape index (κ2) is 6.98. The van der Waals surface area contributed by atoms with Gasteiger partial charge in [0.2, 0.25) is 0 Å². The number of rotatable bonds is 4. The third-order valence-corrected chi connectivity index (χ3v) is 3.12. The van der Waals surface area contributed by atoms with Crippen LogP contribution in [0, 0.1) is 0 Å². The minimum absolute atomic E-state index is 0. The van der Waals surface area contributed by atoms with Crippen LogP contribution in [0.1, 0.15) is 18.9 Å². The predicted octanol–water partition coefficient (Wildman–Crippen LogP) is 1.92. The lowest BCUT2D eigenvalue weighted by Gasteiger charge is -2.12. The number of halogens is 2. The van der Waals surface area contributed by atoms with Crippen molar-refractivity contribution in [2.75, 3.05) is 6.54 Å². The van der Waals surface area contributed by atoms with E-state index in [4.69, 9.17) is 22.1 Å². The molecule has 0 spiro atoms. The van der Waals surface area contributed by atoms with Gasteiger partial charge in [-0.25, -0.2) is 0 Å². The van der Waals surface area contributed by atoms with Crippen molar-refractivity contribution in [3.63, 3.8) is 0 Å². The Hall–Kier alpha value is -0.970. The SMILES string of the molecule is CC(N)CCNC(=O)C1Cc2cc(Cl)ccc2O1.Cl. The molecule has 1 aliphatic heterocycles. The smallest absolute Gasteiger partial charge is 0.261 e. The second-order valence-corrected chi connectivity index (χ2v) is 5.06. The first kappa shape index (κ1) is 16.1. The summed E-state index contributed by atoms with van der Waals surface area (Å²) in [5.74, 6) is 0.648. The molecular formula is C13H18Cl2N2O2. The van der Waals surface area contributed by atoms with Gasteiger partial charge in [-0.1, -0.05) is 11.6 Å². The van der Waals surface area contributed by atoms with Crippen molar-refractivity contribution in [2.24, 2.45) is 5.73 Å². The van der Waals surface area contributed by atoms with Gasteiger partial charge in [-0.2, -0.15) is 0 Å². The molecule has 1 heterocycles. The van der Waals surface area contributed by atoms with Gasteiger partial charge in [0.1, 0.15) is 5.75 Å². The van der Waals surface area contributed by atoms with Crippen molar-refractivity contribution >= 4 is 29.9 Å². The largest absolute Gasteiger partial charge is 0.480 e. The van der Waals surface area contributed by atoms with E-state index >= 15 is 0 Å². The van der Waals surface area contributed by atoms with Crippen LogP contribution in [0.3, 0.4) is 0 Å². The van der Waals surface area contributed by atoms with Crippen molar-refractivity contribution in [3.8, 4) is 5.75 Å². The third kappa shape index (κ3) is 4.27. The van der Waals surface area contributed by atoms with Crippen LogP contribution in [0.25, 0.3) is 0 Å². The highest BCUT2D eigenvalue weighted by Gasteiger charge is 2.28. The van der Waals surface area contributed by atoms with Gasteiger partial charge in [0, 0.05) is 24.0 Å². The van der Waals surface area contributed by atoms with Crippen LogP contribution in [0.5, 0.6) is 5.75 Å². The van der Waals surface area contributed by atoms with E-state index in [1.165, 1.54) is 0 Å². The van der Waals surface area contributed by atoms with Crippen molar-refractivity contribution < 1.29 is 9.53 Å². The lowest BCUT2D eigenvalue weighted by atomic mass is 10.1. The Balaban J connectivity index is 0.00000180. The van der Waals surface area contributed by atoms with Gasteiger partial charge in [0.25, 0.3) is 5.91 Å². The fraction of sp³-hybridized carbons (Fsp3) is 0.462. The van der Waals surface area contributed by atoms with Crippen LogP contribution < -0.4 is 15.8 Å². The normalized spacial score (nSPS) is 17.9. The van der Waals surface area contributed by atoms with Gasteiger partial charge in [-0.3, -0.25) is 4.79 Å². The maximum atomic E-state index is 11.9. The fourth-order valence-corrected chi connectivity index (χ4v) is 2.09. The third-order valence-electron chi connectivity index (χ3n) is 2.89. The molecule has 1 amide bonds. The molecule has 19 heavy (non-hydrogen) atoms. The van der Waals surface area contributed by atoms with Crippen molar-refractivity contribution in [3.05, 3.63) is 28.8 Å². The average Bonchev–Trinajstić information content (AvgIpc) is 2.71. The summed E-state index contributed by atoms with van der Waals surface area (Å²) < 4.78 is 5.58. The van der Waals surface area contributed by atoms with Crippen molar-refractivity contribution in [1.82, 2.24) is 5.32 Å². The number of nitrogens with two attached hydrogens (primary N) is 1. The number of carbonyl (C=O) groups excluding carboxylic acids is 1. The number of ether oxygens (including phenoxy) is 1. The molecule has 0 radical (unpaired) electrons. The molecule has 0 fully saturated rings. The van der Waals surface area contributed by atoms with Gasteiger partial charge in [0.15, 0.2) is 6.10 Å². The minimum atomic E-state index is -0.452. The van der Waals surface area contributed by atoms with E-state index in [-0.39, 0.29) is 24.4 Å². The monoisotopic (exact) mass is 304 g/mol. The highest BCUT2D eigenvalue weighted by molar-refractivity contribution is 6.30. The van der Waals surface area contributed by atoms with Gasteiger partial charge in [-0.15, -0.1) is 12.4 Å². The predicted molar refractivity (Wildman–Crippen MR) is 78.1 cm³/mol. The van der Waals surface area contributed by atoms with E-state index in [9.17, 15) is 4.79 Å². The first-order valence-electron chi connectivity index (χ1n) is 6.04. The highest BCUT2D eigenvalue weighted by Crippen LogP contribution is 2.31. The lowest BCUT2D eigenvalue weighted by molar-refractivity contribution is -0.127. The minimum Gasteiger partial charge on any atom is -0.480 e. The average molecular weight is 305 g/mol. The molecule has 0 aromatic heterocycles. The summed E-state index contributed by atoms with van der Waals surface area (Å²) in [6.45, 7) is 2.49. The fourth-order valence-electron chi connectivity index (χ4n) is 1.90. The Morgan fingerprint density at radius 3 is 3.05 bits per heavy atom. The zero-order valence-corrected chi connectivity index (χ0v) is 12.3. The van der Waals surface area contributed by atoms with E-state index in [0.717, 1.165) is 17.7 Å². The molecule has 0 bridgehead atoms. The molecule has 2 atom stereocenters. The van der Waals surface area contributed by atoms with Gasteiger partial charge in [-0.05, 0) is 37.1 Å². The van der Waals surface area contributed by atoms with Crippen molar-refractivity contribution in [1.29, 1.82) is 0 Å². The molecule has 0 saturated carbocycles. The standard InChI is InChI=1S/C13H17ClN2O2.ClH/c1-8(15)4-5-16-13(17)12-7-9-6-10(14)2-3-11(9)18-12;/h2-3,6,8,12H,4-5,7,15H2,1H3,(H,16,17);1H. The van der Waals surface area contributed by atoms with Gasteiger partial charge >= 0.3 is 0 Å². The van der Waals surface area contributed by atoms with E-state index < -0.39 is 6.10 Å². The summed E-state index contributed by atoms with van der Waals surface area (Å²) in [4.78, 5) is 11.9. The zero-order chi connectivity index (χ0) is 13.1. The molecule has 1 aromatic rings. The van der Waals surface area contributed by atoms with E-state index in [0.29, 0.717) is 18.0 Å². The molecule has 1 aliphatic rings. The van der Waals surface area contributed by atoms with E-state index in [2.05, 4.69) is 5.32 Å². The molecule has 3 N–H and O–H groups in total. The number of hydrogen-bond acceptors (Lipinski definition) is 3. The molecule has 6 heteroatoms. The zero-order valence-electron chi connectivity index (χ0n) is 10.7. The number of hydrogen-bond donors (Lipinski definition) is 2. The van der Waals surface area contributed by atoms with E-state index in [1.807, 2.05) is 13.0 Å². The molecule has 2 rings (SSSR count). The summed E-state index contributed by atoms with van der Waals surface area (Å²) in [7, 11) is 0. The Morgan fingerprint density at radius 2 is 2.37 bits per heavy atom. The summed E-state index contributed by atoms with van der Waals surface area (Å²) >= 11 is 5.90. The topological polar surface area (TPSA) is 64.3 Å². The summed E-state index contributed by atoms with van der Waals surface area (Å²) in [5, 5.41) is 3.49. The molecule has 2 unspecified atom stereocenters. The number of fused-ring (bicyclic) bond motifs is 1. The first-order valence-corrected chi connectivity index (χ1v) is 6.42. The second-order valence-electron chi connectivity index (χ2n) is 4.62. The van der Waals surface area contributed by atoms with Crippen LogP contribution in [-0.2, 0) is 11.2 Å². The van der Waals surface area contributed by atoms with Gasteiger partial charge < -0.3 is 15.8 Å². The molecule has 0 aliphatic carbocycles. The number of nitrogens with one attached hydrogen (secondary N) is 1. The summed E-state index contributed by atoms with van der Waals surface area (Å²) in [6, 6.07) is 5.49. The summed E-state index contributed by atoms with van der Waals surface area (Å²) in [5.41, 5.74) is 6.60. The lowest BCUT2D eigenvalue weighted by Crippen LogP contribution is -2.39. The van der Waals surface area contributed by atoms with Crippen LogP contribution >= 0.6 is 24.0 Å². The Labute approximate surface area is 124 Å². The maximum Gasteiger partial charge on any atom is 0.261 e. The van der Waals surface area contributed by atoms with E-state index in [1.54, 1.807) is 12.1 Å². The Kier molecular flexibility index (Phi) is 5.91. The molecule has 106 valence electrons. The molecule has 1 aromatic carbocycles. The highest BCUT2D eigenvalue weighted by atomic mass is 35.5.